The summed E-state index contributed by atoms with van der Waals surface area (Å²) in [5.41, 5.74) is 2.49. The van der Waals surface area contributed by atoms with E-state index in [9.17, 15) is 4.79 Å². The molecule has 1 aromatic heterocycles. The van der Waals surface area contributed by atoms with E-state index in [0.717, 1.165) is 60.2 Å². The highest BCUT2D eigenvalue weighted by Crippen LogP contribution is 2.37. The van der Waals surface area contributed by atoms with E-state index >= 15 is 0 Å². The first-order valence-corrected chi connectivity index (χ1v) is 12.5. The van der Waals surface area contributed by atoms with Crippen LogP contribution in [-0.2, 0) is 4.74 Å². The molecule has 0 saturated carbocycles. The summed E-state index contributed by atoms with van der Waals surface area (Å²) in [7, 11) is 1.64. The van der Waals surface area contributed by atoms with Gasteiger partial charge in [0.15, 0.2) is 5.13 Å². The Hall–Kier alpha value is -2.64. The van der Waals surface area contributed by atoms with Crippen molar-refractivity contribution in [3.63, 3.8) is 0 Å². The minimum atomic E-state index is -0.0971. The summed E-state index contributed by atoms with van der Waals surface area (Å²) in [5, 5.41) is 0.660. The highest BCUT2D eigenvalue weighted by molar-refractivity contribution is 7.22. The van der Waals surface area contributed by atoms with Gasteiger partial charge >= 0.3 is 0 Å². The number of aromatic nitrogens is 1. The van der Waals surface area contributed by atoms with Gasteiger partial charge in [-0.1, -0.05) is 43.2 Å². The largest absolute Gasteiger partial charge is 0.494 e. The summed E-state index contributed by atoms with van der Waals surface area (Å²) < 4.78 is 18.3. The zero-order chi connectivity index (χ0) is 23.2. The van der Waals surface area contributed by atoms with Crippen molar-refractivity contribution < 1.29 is 19.0 Å². The lowest BCUT2D eigenvalue weighted by Gasteiger charge is -2.23. The number of unbranched alkanes of at least 4 members (excludes halogenated alkanes) is 2. The van der Waals surface area contributed by atoms with Crippen molar-refractivity contribution in [1.82, 2.24) is 4.98 Å². The first kappa shape index (κ1) is 23.5. The average Bonchev–Trinajstić information content (AvgIpc) is 3.51. The number of carbonyl (C=O) groups is 1. The van der Waals surface area contributed by atoms with Crippen LogP contribution < -0.4 is 14.4 Å². The monoisotopic (exact) mass is 468 g/mol. The number of aryl methyl sites for hydroxylation is 1. The Kier molecular flexibility index (Phi) is 7.83. The van der Waals surface area contributed by atoms with Gasteiger partial charge in [0.25, 0.3) is 5.91 Å². The molecule has 2 heterocycles. The second-order valence-electron chi connectivity index (χ2n) is 8.39. The van der Waals surface area contributed by atoms with Crippen LogP contribution in [0.4, 0.5) is 5.13 Å². The molecule has 1 aliphatic rings. The number of carbonyl (C=O) groups excluding carboxylic acids is 1. The minimum Gasteiger partial charge on any atom is -0.494 e. The molecule has 6 nitrogen and oxygen atoms in total. The molecule has 1 unspecified atom stereocenters. The third-order valence-electron chi connectivity index (χ3n) is 5.90. The Balaban J connectivity index is 1.64. The van der Waals surface area contributed by atoms with Crippen molar-refractivity contribution in [2.75, 3.05) is 31.8 Å². The van der Waals surface area contributed by atoms with Gasteiger partial charge in [0.1, 0.15) is 17.0 Å². The number of hydrogen-bond acceptors (Lipinski definition) is 6. The maximum absolute atomic E-state index is 13.7. The third kappa shape index (κ3) is 5.47. The molecule has 1 atom stereocenters. The molecular formula is C26H32N2O4S. The van der Waals surface area contributed by atoms with Crippen LogP contribution in [0.25, 0.3) is 10.2 Å². The number of nitrogens with zero attached hydrogens (tertiary/aromatic N) is 2. The van der Waals surface area contributed by atoms with E-state index in [-0.39, 0.29) is 12.0 Å². The van der Waals surface area contributed by atoms with Crippen molar-refractivity contribution in [2.24, 2.45) is 0 Å². The highest BCUT2D eigenvalue weighted by atomic mass is 32.1. The van der Waals surface area contributed by atoms with Crippen LogP contribution in [0.5, 0.6) is 11.5 Å². The summed E-state index contributed by atoms with van der Waals surface area (Å²) >= 11 is 1.52. The first-order chi connectivity index (χ1) is 16.1. The Bertz CT molecular complexity index is 1090. The summed E-state index contributed by atoms with van der Waals surface area (Å²) in [5.74, 6) is 1.33. The topological polar surface area (TPSA) is 60.9 Å². The summed E-state index contributed by atoms with van der Waals surface area (Å²) in [4.78, 5) is 20.3. The van der Waals surface area contributed by atoms with Crippen molar-refractivity contribution in [3.8, 4) is 11.5 Å². The molecule has 4 rings (SSSR count). The fourth-order valence-electron chi connectivity index (χ4n) is 4.04. The molecule has 3 aromatic rings. The molecule has 33 heavy (non-hydrogen) atoms. The van der Waals surface area contributed by atoms with E-state index in [1.54, 1.807) is 12.0 Å². The Morgan fingerprint density at radius 3 is 2.91 bits per heavy atom. The van der Waals surface area contributed by atoms with Crippen LogP contribution in [0.15, 0.2) is 36.4 Å². The lowest BCUT2D eigenvalue weighted by atomic mass is 10.1. The van der Waals surface area contributed by atoms with E-state index in [0.29, 0.717) is 29.6 Å². The molecule has 0 aliphatic carbocycles. The Morgan fingerprint density at radius 1 is 1.27 bits per heavy atom. The van der Waals surface area contributed by atoms with Gasteiger partial charge in [-0.3, -0.25) is 9.69 Å². The van der Waals surface area contributed by atoms with Crippen molar-refractivity contribution in [3.05, 3.63) is 47.5 Å². The van der Waals surface area contributed by atoms with Crippen LogP contribution in [0.3, 0.4) is 0 Å². The quantitative estimate of drug-likeness (QED) is 0.341. The fraction of sp³-hybridized carbons (Fsp3) is 0.462. The maximum Gasteiger partial charge on any atom is 0.260 e. The van der Waals surface area contributed by atoms with Crippen molar-refractivity contribution >= 4 is 32.6 Å². The number of anilines is 1. The smallest absolute Gasteiger partial charge is 0.260 e. The second-order valence-corrected chi connectivity index (χ2v) is 9.37. The minimum absolute atomic E-state index is 0.0115. The number of benzene rings is 2. The van der Waals surface area contributed by atoms with Gasteiger partial charge in [-0.2, -0.15) is 0 Å². The van der Waals surface area contributed by atoms with E-state index < -0.39 is 0 Å². The SMILES string of the molecule is CCCCCOc1cccc(C(=O)N(CC2CCCO2)c2nc3c(OC)ccc(C)c3s2)c1. The van der Waals surface area contributed by atoms with E-state index in [1.807, 2.05) is 36.4 Å². The predicted molar refractivity (Wildman–Crippen MR) is 133 cm³/mol. The Labute approximate surface area is 199 Å². The van der Waals surface area contributed by atoms with Crippen LogP contribution >= 0.6 is 11.3 Å². The van der Waals surface area contributed by atoms with Crippen molar-refractivity contribution in [2.45, 2.75) is 52.1 Å². The number of ether oxygens (including phenoxy) is 3. The normalized spacial score (nSPS) is 15.7. The predicted octanol–water partition coefficient (Wildman–Crippen LogP) is 6.01. The Morgan fingerprint density at radius 2 is 2.15 bits per heavy atom. The fourth-order valence-corrected chi connectivity index (χ4v) is 5.09. The van der Waals surface area contributed by atoms with E-state index in [2.05, 4.69) is 13.8 Å². The first-order valence-electron chi connectivity index (χ1n) is 11.7. The number of methoxy groups -OCH3 is 1. The van der Waals surface area contributed by atoms with Gasteiger partial charge in [-0.15, -0.1) is 0 Å². The molecule has 1 aliphatic heterocycles. The van der Waals surface area contributed by atoms with Crippen LogP contribution in [-0.4, -0.2) is 43.9 Å². The standard InChI is InChI=1S/C26H32N2O4S/c1-4-5-6-14-31-20-10-7-9-19(16-20)25(29)28(17-21-11-8-15-32-21)26-27-23-22(30-3)13-12-18(2)24(23)33-26/h7,9-10,12-13,16,21H,4-6,8,11,14-15,17H2,1-3H3. The number of amides is 1. The second kappa shape index (κ2) is 11.0. The maximum atomic E-state index is 13.7. The van der Waals surface area contributed by atoms with Crippen LogP contribution in [0.2, 0.25) is 0 Å². The molecule has 0 bridgehead atoms. The number of thiazole rings is 1. The molecular weight excluding hydrogens is 436 g/mol. The van der Waals surface area contributed by atoms with Gasteiger partial charge in [0.05, 0.1) is 31.1 Å². The average molecular weight is 469 g/mol. The lowest BCUT2D eigenvalue weighted by Crippen LogP contribution is -2.37. The molecule has 0 N–H and O–H groups in total. The van der Waals surface area contributed by atoms with E-state index in [1.165, 1.54) is 11.3 Å². The zero-order valence-corrected chi connectivity index (χ0v) is 20.5. The van der Waals surface area contributed by atoms with Gasteiger partial charge in [0, 0.05) is 12.2 Å². The molecule has 0 spiro atoms. The van der Waals surface area contributed by atoms with Gasteiger partial charge < -0.3 is 14.2 Å². The van der Waals surface area contributed by atoms with Crippen molar-refractivity contribution in [1.29, 1.82) is 0 Å². The number of fused-ring (bicyclic) bond motifs is 1. The van der Waals surface area contributed by atoms with Gasteiger partial charge in [0.2, 0.25) is 0 Å². The number of hydrogen-bond donors (Lipinski definition) is 0. The zero-order valence-electron chi connectivity index (χ0n) is 19.6. The lowest BCUT2D eigenvalue weighted by molar-refractivity contribution is 0.0917. The molecule has 7 heteroatoms. The molecule has 1 amide bonds. The number of rotatable bonds is 10. The van der Waals surface area contributed by atoms with Gasteiger partial charge in [-0.25, -0.2) is 4.98 Å². The summed E-state index contributed by atoms with van der Waals surface area (Å²) in [6.45, 7) is 6.08. The molecule has 2 aromatic carbocycles. The highest BCUT2D eigenvalue weighted by Gasteiger charge is 2.28. The molecule has 0 radical (unpaired) electrons. The summed E-state index contributed by atoms with van der Waals surface area (Å²) in [6.07, 6.45) is 5.25. The van der Waals surface area contributed by atoms with Crippen LogP contribution in [0.1, 0.15) is 54.9 Å². The third-order valence-corrected chi connectivity index (χ3v) is 7.11. The summed E-state index contributed by atoms with van der Waals surface area (Å²) in [6, 6.07) is 11.4. The van der Waals surface area contributed by atoms with Gasteiger partial charge in [-0.05, 0) is 56.0 Å². The molecule has 176 valence electrons. The van der Waals surface area contributed by atoms with E-state index in [4.69, 9.17) is 19.2 Å². The molecule has 1 fully saturated rings. The van der Waals surface area contributed by atoms with Crippen LogP contribution in [0, 0.1) is 6.92 Å². The molecule has 1 saturated heterocycles.